The molecular weight excluding hydrogens is 358 g/mol. The summed E-state index contributed by atoms with van der Waals surface area (Å²) in [6, 6.07) is 10.8. The van der Waals surface area contributed by atoms with E-state index in [-0.39, 0.29) is 18.1 Å². The molecule has 0 bridgehead atoms. The van der Waals surface area contributed by atoms with Crippen LogP contribution in [0, 0.1) is 0 Å². The second-order valence-corrected chi connectivity index (χ2v) is 6.16. The molecule has 2 N–H and O–H groups in total. The average molecular weight is 387 g/mol. The van der Waals surface area contributed by atoms with E-state index in [2.05, 4.69) is 5.32 Å². The molecule has 28 heavy (non-hydrogen) atoms. The fraction of sp³-hybridized carbons (Fsp3) is 0.409. The van der Waals surface area contributed by atoms with Gasteiger partial charge in [0, 0.05) is 6.54 Å². The third-order valence-electron chi connectivity index (χ3n) is 4.03. The van der Waals surface area contributed by atoms with Crippen molar-refractivity contribution in [1.82, 2.24) is 5.32 Å². The topological polar surface area (TPSA) is 77.0 Å². The monoisotopic (exact) mass is 387 g/mol. The lowest BCUT2D eigenvalue weighted by atomic mass is 10.1. The van der Waals surface area contributed by atoms with Crippen molar-refractivity contribution in [2.75, 3.05) is 26.4 Å². The summed E-state index contributed by atoms with van der Waals surface area (Å²) in [5, 5.41) is 12.7. The zero-order chi connectivity index (χ0) is 20.4. The van der Waals surface area contributed by atoms with Crippen LogP contribution in [0.2, 0.25) is 0 Å². The van der Waals surface area contributed by atoms with Gasteiger partial charge >= 0.3 is 0 Å². The zero-order valence-electron chi connectivity index (χ0n) is 16.8. The molecule has 0 unspecified atom stereocenters. The first-order valence-corrected chi connectivity index (χ1v) is 9.67. The minimum Gasteiger partial charge on any atom is -0.504 e. The van der Waals surface area contributed by atoms with Crippen LogP contribution in [0.1, 0.15) is 31.9 Å². The van der Waals surface area contributed by atoms with E-state index in [1.54, 1.807) is 12.1 Å². The molecule has 0 aromatic heterocycles. The van der Waals surface area contributed by atoms with E-state index in [0.29, 0.717) is 50.0 Å². The van der Waals surface area contributed by atoms with Crippen LogP contribution in [0.5, 0.6) is 23.0 Å². The van der Waals surface area contributed by atoms with Crippen molar-refractivity contribution < 1.29 is 24.1 Å². The number of aromatic hydroxyl groups is 1. The van der Waals surface area contributed by atoms with Crippen molar-refractivity contribution in [2.24, 2.45) is 0 Å². The van der Waals surface area contributed by atoms with Gasteiger partial charge in [0.1, 0.15) is 0 Å². The van der Waals surface area contributed by atoms with Gasteiger partial charge in [-0.2, -0.15) is 0 Å². The van der Waals surface area contributed by atoms with Gasteiger partial charge in [0.25, 0.3) is 0 Å². The van der Waals surface area contributed by atoms with Crippen molar-refractivity contribution >= 4 is 5.91 Å². The van der Waals surface area contributed by atoms with Gasteiger partial charge in [-0.15, -0.1) is 0 Å². The van der Waals surface area contributed by atoms with Crippen LogP contribution in [-0.2, 0) is 17.6 Å². The third kappa shape index (κ3) is 6.37. The SMILES string of the molecule is CCOc1cc(CCNC(=O)Cc2ccc(OCC)c(OCC)c2)ccc1O. The summed E-state index contributed by atoms with van der Waals surface area (Å²) >= 11 is 0. The third-order valence-corrected chi connectivity index (χ3v) is 4.03. The Bertz CT molecular complexity index is 776. The molecule has 152 valence electrons. The van der Waals surface area contributed by atoms with Crippen LogP contribution in [-0.4, -0.2) is 37.4 Å². The van der Waals surface area contributed by atoms with Gasteiger partial charge in [-0.25, -0.2) is 0 Å². The number of benzene rings is 2. The number of hydrogen-bond acceptors (Lipinski definition) is 5. The molecule has 2 rings (SSSR count). The Hall–Kier alpha value is -2.89. The number of amides is 1. The lowest BCUT2D eigenvalue weighted by Gasteiger charge is -2.12. The van der Waals surface area contributed by atoms with E-state index in [1.165, 1.54) is 0 Å². The molecule has 0 fully saturated rings. The second-order valence-electron chi connectivity index (χ2n) is 6.16. The Labute approximate surface area is 166 Å². The van der Waals surface area contributed by atoms with E-state index in [1.807, 2.05) is 45.0 Å². The van der Waals surface area contributed by atoms with Crippen molar-refractivity contribution in [2.45, 2.75) is 33.6 Å². The predicted molar refractivity (Wildman–Crippen MR) is 108 cm³/mol. The number of carbonyl (C=O) groups is 1. The Kier molecular flexibility index (Phi) is 8.46. The first-order valence-electron chi connectivity index (χ1n) is 9.67. The molecule has 0 aliphatic carbocycles. The standard InChI is InChI=1S/C22H29NO5/c1-4-26-19-10-8-17(14-21(19)28-6-3)15-22(25)23-12-11-16-7-9-18(24)20(13-16)27-5-2/h7-10,13-14,24H,4-6,11-12,15H2,1-3H3,(H,23,25). The molecule has 2 aromatic rings. The summed E-state index contributed by atoms with van der Waals surface area (Å²) in [6.45, 7) is 7.78. The smallest absolute Gasteiger partial charge is 0.224 e. The maximum Gasteiger partial charge on any atom is 0.224 e. The molecular formula is C22H29NO5. The van der Waals surface area contributed by atoms with Crippen LogP contribution >= 0.6 is 0 Å². The predicted octanol–water partition coefficient (Wildman–Crippen LogP) is 3.49. The number of hydrogen-bond donors (Lipinski definition) is 2. The molecule has 2 aromatic carbocycles. The van der Waals surface area contributed by atoms with Crippen molar-refractivity contribution in [3.8, 4) is 23.0 Å². The molecule has 0 spiro atoms. The van der Waals surface area contributed by atoms with E-state index < -0.39 is 0 Å². The minimum atomic E-state index is -0.0598. The molecule has 1 amide bonds. The van der Waals surface area contributed by atoms with Crippen LogP contribution in [0.15, 0.2) is 36.4 Å². The van der Waals surface area contributed by atoms with E-state index >= 15 is 0 Å². The zero-order valence-corrected chi connectivity index (χ0v) is 16.8. The van der Waals surface area contributed by atoms with E-state index in [0.717, 1.165) is 11.1 Å². The summed E-state index contributed by atoms with van der Waals surface area (Å²) in [5.74, 6) is 1.86. The van der Waals surface area contributed by atoms with Gasteiger partial charge in [-0.05, 0) is 62.6 Å². The molecule has 6 nitrogen and oxygen atoms in total. The fourth-order valence-corrected chi connectivity index (χ4v) is 2.78. The number of phenolic OH excluding ortho intramolecular Hbond substituents is 1. The molecule has 6 heteroatoms. The maximum absolute atomic E-state index is 12.3. The Morgan fingerprint density at radius 3 is 2.18 bits per heavy atom. The van der Waals surface area contributed by atoms with Gasteiger partial charge in [-0.3, -0.25) is 4.79 Å². The summed E-state index contributed by atoms with van der Waals surface area (Å²) in [7, 11) is 0. The van der Waals surface area contributed by atoms with Crippen LogP contribution in [0.3, 0.4) is 0 Å². The number of phenols is 1. The summed E-state index contributed by atoms with van der Waals surface area (Å²) in [6.07, 6.45) is 0.922. The number of nitrogens with one attached hydrogen (secondary N) is 1. The average Bonchev–Trinajstić information content (AvgIpc) is 2.67. The largest absolute Gasteiger partial charge is 0.504 e. The summed E-state index contributed by atoms with van der Waals surface area (Å²) < 4.78 is 16.5. The van der Waals surface area contributed by atoms with Gasteiger partial charge in [0.05, 0.1) is 26.2 Å². The fourth-order valence-electron chi connectivity index (χ4n) is 2.78. The number of carbonyl (C=O) groups excluding carboxylic acids is 1. The minimum absolute atomic E-state index is 0.0598. The molecule has 0 saturated heterocycles. The Balaban J connectivity index is 1.88. The van der Waals surface area contributed by atoms with Crippen molar-refractivity contribution in [1.29, 1.82) is 0 Å². The molecule has 0 saturated carbocycles. The Morgan fingerprint density at radius 2 is 1.46 bits per heavy atom. The summed E-state index contributed by atoms with van der Waals surface area (Å²) in [5.41, 5.74) is 1.86. The normalized spacial score (nSPS) is 10.4. The van der Waals surface area contributed by atoms with E-state index in [4.69, 9.17) is 14.2 Å². The highest BCUT2D eigenvalue weighted by Crippen LogP contribution is 2.29. The molecule has 0 aliphatic heterocycles. The second kappa shape index (κ2) is 11.1. The number of rotatable bonds is 11. The highest BCUT2D eigenvalue weighted by molar-refractivity contribution is 5.78. The Morgan fingerprint density at radius 1 is 0.857 bits per heavy atom. The van der Waals surface area contributed by atoms with Gasteiger partial charge < -0.3 is 24.6 Å². The molecule has 0 radical (unpaired) electrons. The van der Waals surface area contributed by atoms with Gasteiger partial charge in [0.2, 0.25) is 5.91 Å². The van der Waals surface area contributed by atoms with Crippen LogP contribution in [0.4, 0.5) is 0 Å². The lowest BCUT2D eigenvalue weighted by Crippen LogP contribution is -2.27. The quantitative estimate of drug-likeness (QED) is 0.617. The molecule has 0 atom stereocenters. The van der Waals surface area contributed by atoms with Crippen molar-refractivity contribution in [3.63, 3.8) is 0 Å². The summed E-state index contributed by atoms with van der Waals surface area (Å²) in [4.78, 5) is 12.3. The molecule has 0 heterocycles. The van der Waals surface area contributed by atoms with E-state index in [9.17, 15) is 9.90 Å². The van der Waals surface area contributed by atoms with Crippen molar-refractivity contribution in [3.05, 3.63) is 47.5 Å². The van der Waals surface area contributed by atoms with Crippen LogP contribution < -0.4 is 19.5 Å². The van der Waals surface area contributed by atoms with Crippen LogP contribution in [0.25, 0.3) is 0 Å². The maximum atomic E-state index is 12.3. The lowest BCUT2D eigenvalue weighted by molar-refractivity contribution is -0.120. The number of ether oxygens (including phenoxy) is 3. The highest BCUT2D eigenvalue weighted by Gasteiger charge is 2.10. The van der Waals surface area contributed by atoms with Gasteiger partial charge in [0.15, 0.2) is 23.0 Å². The first-order chi connectivity index (χ1) is 13.6. The first kappa shape index (κ1) is 21.4. The molecule has 0 aliphatic rings. The highest BCUT2D eigenvalue weighted by atomic mass is 16.5. The van der Waals surface area contributed by atoms with Gasteiger partial charge in [-0.1, -0.05) is 12.1 Å².